The van der Waals surface area contributed by atoms with Gasteiger partial charge in [0.05, 0.1) is 0 Å². The Hall–Kier alpha value is -0.820. The SMILES string of the molecule is C=Cc1s/c(=C/C)c(=C)c1C. The molecule has 0 saturated heterocycles. The van der Waals surface area contributed by atoms with Gasteiger partial charge in [-0.3, -0.25) is 0 Å². The van der Waals surface area contributed by atoms with Crippen molar-refractivity contribution in [2.75, 3.05) is 0 Å². The Morgan fingerprint density at radius 1 is 1.45 bits per heavy atom. The topological polar surface area (TPSA) is 0 Å². The van der Waals surface area contributed by atoms with E-state index in [4.69, 9.17) is 0 Å². The molecule has 0 aliphatic carbocycles. The summed E-state index contributed by atoms with van der Waals surface area (Å²) in [5.74, 6) is 0. The number of rotatable bonds is 1. The van der Waals surface area contributed by atoms with Gasteiger partial charge in [-0.15, -0.1) is 11.3 Å². The minimum atomic E-state index is 1.15. The highest BCUT2D eigenvalue weighted by Gasteiger charge is 1.97. The lowest BCUT2D eigenvalue weighted by atomic mass is 10.2. The Bertz CT molecular complexity index is 368. The fourth-order valence-electron chi connectivity index (χ4n) is 1.02. The quantitative estimate of drug-likeness (QED) is 0.595. The summed E-state index contributed by atoms with van der Waals surface area (Å²) < 4.78 is 1.26. The van der Waals surface area contributed by atoms with Crippen molar-refractivity contribution in [3.8, 4) is 0 Å². The molecule has 0 amide bonds. The standard InChI is InChI=1S/C10H12S/c1-5-9-7(3)8(4)10(6-2)11-9/h5-6H,1,4H2,2-3H3/b10-6+. The predicted molar refractivity (Wildman–Crippen MR) is 54.1 cm³/mol. The van der Waals surface area contributed by atoms with Gasteiger partial charge in [0, 0.05) is 9.41 Å². The lowest BCUT2D eigenvalue weighted by Crippen LogP contribution is -2.17. The molecule has 0 atom stereocenters. The summed E-state index contributed by atoms with van der Waals surface area (Å²) in [6, 6.07) is 0. The van der Waals surface area contributed by atoms with Crippen molar-refractivity contribution in [1.82, 2.24) is 0 Å². The second-order valence-electron chi connectivity index (χ2n) is 2.43. The van der Waals surface area contributed by atoms with Gasteiger partial charge in [-0.25, -0.2) is 0 Å². The van der Waals surface area contributed by atoms with Crippen LogP contribution < -0.4 is 9.75 Å². The van der Waals surface area contributed by atoms with E-state index in [0.717, 1.165) is 5.22 Å². The lowest BCUT2D eigenvalue weighted by Gasteiger charge is -1.84. The van der Waals surface area contributed by atoms with Crippen LogP contribution in [0, 0.1) is 6.92 Å². The third kappa shape index (κ3) is 1.29. The second kappa shape index (κ2) is 3.05. The van der Waals surface area contributed by atoms with E-state index in [1.165, 1.54) is 15.0 Å². The zero-order valence-corrected chi connectivity index (χ0v) is 7.79. The highest BCUT2D eigenvalue weighted by Crippen LogP contribution is 2.07. The van der Waals surface area contributed by atoms with Crippen molar-refractivity contribution in [3.05, 3.63) is 26.8 Å². The zero-order valence-electron chi connectivity index (χ0n) is 6.98. The Morgan fingerprint density at radius 2 is 2.09 bits per heavy atom. The lowest BCUT2D eigenvalue weighted by molar-refractivity contribution is 1.46. The van der Waals surface area contributed by atoms with Crippen LogP contribution in [0.2, 0.25) is 0 Å². The van der Waals surface area contributed by atoms with Gasteiger partial charge in [-0.1, -0.05) is 25.3 Å². The molecule has 11 heavy (non-hydrogen) atoms. The molecule has 0 unspecified atom stereocenters. The summed E-state index contributed by atoms with van der Waals surface area (Å²) in [6.07, 6.45) is 3.98. The molecule has 0 N–H and O–H groups in total. The first-order valence-electron chi connectivity index (χ1n) is 3.57. The summed E-state index contributed by atoms with van der Waals surface area (Å²) in [5.41, 5.74) is 1.26. The molecular weight excluding hydrogens is 152 g/mol. The fraction of sp³-hybridized carbons (Fsp3) is 0.200. The predicted octanol–water partition coefficient (Wildman–Crippen LogP) is 1.91. The van der Waals surface area contributed by atoms with Crippen molar-refractivity contribution in [2.24, 2.45) is 0 Å². The van der Waals surface area contributed by atoms with Crippen molar-refractivity contribution in [3.63, 3.8) is 0 Å². The molecule has 0 aliphatic heterocycles. The van der Waals surface area contributed by atoms with Crippen molar-refractivity contribution in [2.45, 2.75) is 13.8 Å². The van der Waals surface area contributed by atoms with Gasteiger partial charge >= 0.3 is 0 Å². The molecule has 0 spiro atoms. The maximum atomic E-state index is 3.99. The van der Waals surface area contributed by atoms with Gasteiger partial charge < -0.3 is 0 Å². The first kappa shape index (κ1) is 8.28. The van der Waals surface area contributed by atoms with Crippen LogP contribution in [0.3, 0.4) is 0 Å². The van der Waals surface area contributed by atoms with E-state index in [1.807, 2.05) is 13.0 Å². The Balaban J connectivity index is 3.61. The molecule has 0 radical (unpaired) electrons. The highest BCUT2D eigenvalue weighted by molar-refractivity contribution is 7.10. The molecule has 0 bridgehead atoms. The van der Waals surface area contributed by atoms with E-state index >= 15 is 0 Å². The van der Waals surface area contributed by atoms with E-state index < -0.39 is 0 Å². The second-order valence-corrected chi connectivity index (χ2v) is 3.51. The average molecular weight is 164 g/mol. The van der Waals surface area contributed by atoms with Gasteiger partial charge in [0.15, 0.2) is 0 Å². The van der Waals surface area contributed by atoms with Crippen molar-refractivity contribution >= 4 is 30.1 Å². The monoisotopic (exact) mass is 164 g/mol. The van der Waals surface area contributed by atoms with E-state index in [-0.39, 0.29) is 0 Å². The first-order chi connectivity index (χ1) is 5.20. The molecule has 1 heterocycles. The number of hydrogen-bond acceptors (Lipinski definition) is 1. The van der Waals surface area contributed by atoms with Gasteiger partial charge in [-0.2, -0.15) is 0 Å². The van der Waals surface area contributed by atoms with Gasteiger partial charge in [0.25, 0.3) is 0 Å². The summed E-state index contributed by atoms with van der Waals surface area (Å²) in [6.45, 7) is 11.9. The molecule has 1 aromatic rings. The molecular formula is C10H12S. The highest BCUT2D eigenvalue weighted by atomic mass is 32.1. The third-order valence-electron chi connectivity index (χ3n) is 1.79. The Labute approximate surface area is 71.2 Å². The molecule has 1 aromatic heterocycles. The Kier molecular flexibility index (Phi) is 2.30. The largest absolute Gasteiger partial charge is 0.136 e. The van der Waals surface area contributed by atoms with Gasteiger partial charge in [0.2, 0.25) is 0 Å². The number of thiophene rings is 1. The zero-order chi connectivity index (χ0) is 8.43. The van der Waals surface area contributed by atoms with Gasteiger partial charge in [-0.05, 0) is 24.6 Å². The molecule has 0 aromatic carbocycles. The minimum Gasteiger partial charge on any atom is -0.136 e. The molecule has 1 heteroatoms. The van der Waals surface area contributed by atoms with Crippen molar-refractivity contribution < 1.29 is 0 Å². The molecule has 0 nitrogen and oxygen atoms in total. The van der Waals surface area contributed by atoms with Crippen LogP contribution in [0.25, 0.3) is 18.7 Å². The molecule has 0 aliphatic rings. The van der Waals surface area contributed by atoms with E-state index in [2.05, 4.69) is 26.2 Å². The van der Waals surface area contributed by atoms with Gasteiger partial charge in [0.1, 0.15) is 0 Å². The maximum Gasteiger partial charge on any atom is 0.0305 e. The molecule has 0 saturated carbocycles. The molecule has 58 valence electrons. The van der Waals surface area contributed by atoms with Crippen LogP contribution in [0.4, 0.5) is 0 Å². The van der Waals surface area contributed by atoms with Crippen LogP contribution in [-0.2, 0) is 0 Å². The van der Waals surface area contributed by atoms with E-state index in [1.54, 1.807) is 11.3 Å². The summed E-state index contributed by atoms with van der Waals surface area (Å²) in [7, 11) is 0. The van der Waals surface area contributed by atoms with Crippen molar-refractivity contribution in [1.29, 1.82) is 0 Å². The van der Waals surface area contributed by atoms with E-state index in [9.17, 15) is 0 Å². The third-order valence-corrected chi connectivity index (χ3v) is 3.18. The van der Waals surface area contributed by atoms with Crippen LogP contribution in [0.1, 0.15) is 17.4 Å². The first-order valence-corrected chi connectivity index (χ1v) is 4.39. The molecule has 0 fully saturated rings. The van der Waals surface area contributed by atoms with Crippen LogP contribution >= 0.6 is 11.3 Å². The minimum absolute atomic E-state index is 1.15. The average Bonchev–Trinajstić information content (AvgIpc) is 2.30. The smallest absolute Gasteiger partial charge is 0.0305 e. The number of hydrogen-bond donors (Lipinski definition) is 0. The summed E-state index contributed by atoms with van der Waals surface area (Å²) in [5, 5.41) is 1.15. The Morgan fingerprint density at radius 3 is 2.36 bits per heavy atom. The van der Waals surface area contributed by atoms with E-state index in [0.29, 0.717) is 0 Å². The summed E-state index contributed by atoms with van der Waals surface area (Å²) in [4.78, 5) is 1.24. The maximum absolute atomic E-state index is 3.99. The normalized spacial score (nSPS) is 12.0. The van der Waals surface area contributed by atoms with Crippen LogP contribution in [0.5, 0.6) is 0 Å². The van der Waals surface area contributed by atoms with Crippen LogP contribution in [0.15, 0.2) is 6.58 Å². The molecule has 1 rings (SSSR count). The summed E-state index contributed by atoms with van der Waals surface area (Å²) >= 11 is 1.75. The fourth-order valence-corrected chi connectivity index (χ4v) is 2.01. The van der Waals surface area contributed by atoms with Crippen LogP contribution in [-0.4, -0.2) is 0 Å².